The molecule has 1 fully saturated rings. The lowest BCUT2D eigenvalue weighted by atomic mass is 10.1. The van der Waals surface area contributed by atoms with Crippen molar-refractivity contribution >= 4 is 17.3 Å². The molecular formula is C21H22N6O3. The Bertz CT molecular complexity index is 1060. The number of aromatic nitrogens is 3. The first kappa shape index (κ1) is 19.6. The van der Waals surface area contributed by atoms with E-state index in [9.17, 15) is 14.9 Å². The highest BCUT2D eigenvalue weighted by Gasteiger charge is 2.27. The predicted octanol–water partition coefficient (Wildman–Crippen LogP) is 3.58. The van der Waals surface area contributed by atoms with E-state index in [1.165, 1.54) is 12.4 Å². The number of rotatable bonds is 7. The van der Waals surface area contributed by atoms with Gasteiger partial charge in [-0.25, -0.2) is 9.67 Å². The zero-order chi connectivity index (χ0) is 21.3. The Hall–Kier alpha value is -3.75. The van der Waals surface area contributed by atoms with Crippen molar-refractivity contribution in [1.29, 1.82) is 0 Å². The third kappa shape index (κ3) is 4.00. The molecule has 0 unspecified atom stereocenters. The summed E-state index contributed by atoms with van der Waals surface area (Å²) < 4.78 is 1.65. The fourth-order valence-corrected chi connectivity index (χ4v) is 3.24. The molecule has 1 atom stereocenters. The monoisotopic (exact) mass is 406 g/mol. The van der Waals surface area contributed by atoms with Crippen LogP contribution in [0.2, 0.25) is 0 Å². The number of hydrogen-bond acceptors (Lipinski definition) is 6. The smallest absolute Gasteiger partial charge is 0.293 e. The Morgan fingerprint density at radius 2 is 2.00 bits per heavy atom. The molecule has 1 amide bonds. The average molecular weight is 406 g/mol. The molecular weight excluding hydrogens is 384 g/mol. The average Bonchev–Trinajstić information content (AvgIpc) is 3.40. The molecule has 0 aliphatic heterocycles. The van der Waals surface area contributed by atoms with Crippen LogP contribution < -0.4 is 5.32 Å². The molecule has 1 aromatic heterocycles. The summed E-state index contributed by atoms with van der Waals surface area (Å²) in [4.78, 5) is 29.5. The van der Waals surface area contributed by atoms with E-state index >= 15 is 0 Å². The molecule has 1 saturated carbocycles. The van der Waals surface area contributed by atoms with E-state index in [4.69, 9.17) is 0 Å². The van der Waals surface area contributed by atoms with Gasteiger partial charge in [0.25, 0.3) is 11.6 Å². The number of nitrogens with zero attached hydrogens (tertiary/aromatic N) is 5. The number of carbonyl (C=O) groups is 1. The van der Waals surface area contributed by atoms with Gasteiger partial charge >= 0.3 is 0 Å². The van der Waals surface area contributed by atoms with Crippen molar-refractivity contribution in [3.8, 4) is 5.69 Å². The number of nitrogens with one attached hydrogen (secondary N) is 1. The molecule has 9 nitrogen and oxygen atoms in total. The second kappa shape index (κ2) is 7.94. The number of hydrogen-bond donors (Lipinski definition) is 1. The van der Waals surface area contributed by atoms with E-state index in [1.807, 2.05) is 31.2 Å². The number of nitro benzene ring substituents is 1. The first-order chi connectivity index (χ1) is 14.4. The second-order valence-corrected chi connectivity index (χ2v) is 7.43. The number of anilines is 1. The topological polar surface area (TPSA) is 106 Å². The van der Waals surface area contributed by atoms with E-state index in [-0.39, 0.29) is 29.2 Å². The van der Waals surface area contributed by atoms with E-state index in [1.54, 1.807) is 35.1 Å². The maximum absolute atomic E-state index is 13.0. The Morgan fingerprint density at radius 3 is 2.60 bits per heavy atom. The van der Waals surface area contributed by atoms with Crippen molar-refractivity contribution in [1.82, 2.24) is 19.7 Å². The lowest BCUT2D eigenvalue weighted by Gasteiger charge is -2.25. The normalized spacial score (nSPS) is 14.2. The van der Waals surface area contributed by atoms with Gasteiger partial charge in [-0.1, -0.05) is 12.1 Å². The van der Waals surface area contributed by atoms with E-state index in [0.717, 1.165) is 24.1 Å². The molecule has 154 valence electrons. The largest absolute Gasteiger partial charge is 0.377 e. The summed E-state index contributed by atoms with van der Waals surface area (Å²) in [5, 5.41) is 18.7. The summed E-state index contributed by atoms with van der Waals surface area (Å²) in [6.07, 6.45) is 5.10. The van der Waals surface area contributed by atoms with Crippen LogP contribution in [0.3, 0.4) is 0 Å². The van der Waals surface area contributed by atoms with Gasteiger partial charge in [0.2, 0.25) is 0 Å². The van der Waals surface area contributed by atoms with Crippen LogP contribution in [-0.4, -0.2) is 43.6 Å². The van der Waals surface area contributed by atoms with Gasteiger partial charge in [-0.05, 0) is 49.6 Å². The molecule has 1 N–H and O–H groups in total. The lowest BCUT2D eigenvalue weighted by molar-refractivity contribution is -0.384. The number of benzene rings is 2. The summed E-state index contributed by atoms with van der Waals surface area (Å²) in [6, 6.07) is 12.3. The van der Waals surface area contributed by atoms with Gasteiger partial charge in [-0.2, -0.15) is 5.10 Å². The highest BCUT2D eigenvalue weighted by atomic mass is 16.6. The van der Waals surface area contributed by atoms with Crippen LogP contribution in [0.1, 0.15) is 41.7 Å². The molecule has 1 heterocycles. The van der Waals surface area contributed by atoms with Crippen molar-refractivity contribution in [2.24, 2.45) is 0 Å². The molecule has 0 spiro atoms. The third-order valence-electron chi connectivity index (χ3n) is 5.34. The highest BCUT2D eigenvalue weighted by molar-refractivity contribution is 5.96. The minimum Gasteiger partial charge on any atom is -0.377 e. The van der Waals surface area contributed by atoms with Crippen LogP contribution in [-0.2, 0) is 0 Å². The quantitative estimate of drug-likeness (QED) is 0.475. The van der Waals surface area contributed by atoms with Gasteiger partial charge in [0.05, 0.1) is 16.7 Å². The summed E-state index contributed by atoms with van der Waals surface area (Å²) in [6.45, 7) is 1.92. The summed E-state index contributed by atoms with van der Waals surface area (Å²) >= 11 is 0. The van der Waals surface area contributed by atoms with Crippen molar-refractivity contribution < 1.29 is 9.72 Å². The summed E-state index contributed by atoms with van der Waals surface area (Å²) in [7, 11) is 1.69. The first-order valence-corrected chi connectivity index (χ1v) is 9.71. The van der Waals surface area contributed by atoms with Gasteiger partial charge in [-0.15, -0.1) is 0 Å². The fraction of sp³-hybridized carbons (Fsp3) is 0.286. The molecule has 9 heteroatoms. The molecule has 1 aliphatic rings. The zero-order valence-corrected chi connectivity index (χ0v) is 16.7. The minimum absolute atomic E-state index is 0.0778. The number of nitro groups is 1. The van der Waals surface area contributed by atoms with E-state index in [2.05, 4.69) is 15.4 Å². The maximum atomic E-state index is 13.0. The van der Waals surface area contributed by atoms with E-state index in [0.29, 0.717) is 5.69 Å². The fourth-order valence-electron chi connectivity index (χ4n) is 3.24. The first-order valence-electron chi connectivity index (χ1n) is 9.71. The number of carbonyl (C=O) groups excluding carboxylic acids is 1. The maximum Gasteiger partial charge on any atom is 0.293 e. The van der Waals surface area contributed by atoms with Crippen LogP contribution in [0.4, 0.5) is 11.4 Å². The van der Waals surface area contributed by atoms with Crippen molar-refractivity contribution in [3.05, 3.63) is 76.4 Å². The van der Waals surface area contributed by atoms with Gasteiger partial charge < -0.3 is 10.2 Å². The predicted molar refractivity (Wildman–Crippen MR) is 112 cm³/mol. The molecule has 3 aromatic rings. The highest BCUT2D eigenvalue weighted by Crippen LogP contribution is 2.32. The number of amides is 1. The molecule has 30 heavy (non-hydrogen) atoms. The Kier molecular flexibility index (Phi) is 5.18. The van der Waals surface area contributed by atoms with Gasteiger partial charge in [-0.3, -0.25) is 14.9 Å². The molecule has 4 rings (SSSR count). The Labute approximate surface area is 173 Å². The second-order valence-electron chi connectivity index (χ2n) is 7.43. The molecule has 1 aliphatic carbocycles. The third-order valence-corrected chi connectivity index (χ3v) is 5.34. The summed E-state index contributed by atoms with van der Waals surface area (Å²) in [5.41, 5.74) is 2.48. The van der Waals surface area contributed by atoms with Crippen molar-refractivity contribution in [2.45, 2.75) is 31.8 Å². The minimum atomic E-state index is -0.451. The van der Waals surface area contributed by atoms with Gasteiger partial charge in [0.15, 0.2) is 0 Å². The standard InChI is InChI=1S/C21H22N6O3/c1-14(15-3-8-18(9-4-15)26-13-22-12-23-26)25(2)21(28)16-5-10-19(24-17-6-7-17)20(11-16)27(29)30/h3-5,8-14,17,24H,6-7H2,1-2H3/t14-/m1/s1. The SMILES string of the molecule is C[C@H](c1ccc(-n2cncn2)cc1)N(C)C(=O)c1ccc(NC2CC2)c([N+](=O)[O-])c1. The molecule has 0 saturated heterocycles. The van der Waals surface area contributed by atoms with Crippen LogP contribution in [0, 0.1) is 10.1 Å². The van der Waals surface area contributed by atoms with Crippen molar-refractivity contribution in [2.75, 3.05) is 12.4 Å². The molecule has 0 bridgehead atoms. The van der Waals surface area contributed by atoms with Crippen LogP contribution in [0.15, 0.2) is 55.1 Å². The zero-order valence-electron chi connectivity index (χ0n) is 16.7. The van der Waals surface area contributed by atoms with Crippen LogP contribution in [0.25, 0.3) is 5.69 Å². The van der Waals surface area contributed by atoms with E-state index < -0.39 is 4.92 Å². The van der Waals surface area contributed by atoms with Gasteiger partial charge in [0.1, 0.15) is 18.3 Å². The van der Waals surface area contributed by atoms with Crippen LogP contribution in [0.5, 0.6) is 0 Å². The van der Waals surface area contributed by atoms with Crippen LogP contribution >= 0.6 is 0 Å². The Morgan fingerprint density at radius 1 is 1.27 bits per heavy atom. The van der Waals surface area contributed by atoms with Crippen molar-refractivity contribution in [3.63, 3.8) is 0 Å². The Balaban J connectivity index is 1.52. The summed E-state index contributed by atoms with van der Waals surface area (Å²) in [5.74, 6) is -0.274. The van der Waals surface area contributed by atoms with Gasteiger partial charge in [0, 0.05) is 24.7 Å². The lowest BCUT2D eigenvalue weighted by Crippen LogP contribution is -2.29. The molecule has 0 radical (unpaired) electrons. The molecule has 2 aromatic carbocycles.